The summed E-state index contributed by atoms with van der Waals surface area (Å²) >= 11 is 6.12. The number of anilines is 1. The van der Waals surface area contributed by atoms with Gasteiger partial charge in [-0.25, -0.2) is 0 Å². The SMILES string of the molecule is Cc1ccc(Cl)c(NCC2CCCOC2)c1. The van der Waals surface area contributed by atoms with Gasteiger partial charge < -0.3 is 10.1 Å². The molecule has 0 spiro atoms. The van der Waals surface area contributed by atoms with E-state index < -0.39 is 0 Å². The summed E-state index contributed by atoms with van der Waals surface area (Å²) in [5.74, 6) is 0.616. The third kappa shape index (κ3) is 3.13. The van der Waals surface area contributed by atoms with E-state index >= 15 is 0 Å². The molecule has 3 heteroatoms. The molecule has 0 amide bonds. The second-order valence-electron chi connectivity index (χ2n) is 4.45. The Kier molecular flexibility index (Phi) is 4.08. The molecule has 1 aliphatic heterocycles. The molecule has 16 heavy (non-hydrogen) atoms. The van der Waals surface area contributed by atoms with Gasteiger partial charge in [-0.3, -0.25) is 0 Å². The minimum absolute atomic E-state index is 0.616. The normalized spacial score (nSPS) is 20.8. The second-order valence-corrected chi connectivity index (χ2v) is 4.85. The van der Waals surface area contributed by atoms with Gasteiger partial charge in [0, 0.05) is 13.2 Å². The van der Waals surface area contributed by atoms with Crippen LogP contribution in [0.5, 0.6) is 0 Å². The largest absolute Gasteiger partial charge is 0.383 e. The molecule has 1 heterocycles. The van der Waals surface area contributed by atoms with Gasteiger partial charge in [0.25, 0.3) is 0 Å². The van der Waals surface area contributed by atoms with Crippen LogP contribution < -0.4 is 5.32 Å². The van der Waals surface area contributed by atoms with Gasteiger partial charge >= 0.3 is 0 Å². The molecular weight excluding hydrogens is 222 g/mol. The number of ether oxygens (including phenoxy) is 1. The zero-order chi connectivity index (χ0) is 11.4. The molecular formula is C13H18ClNO. The number of benzene rings is 1. The first kappa shape index (κ1) is 11.7. The summed E-state index contributed by atoms with van der Waals surface area (Å²) in [6.45, 7) is 4.81. The molecule has 1 fully saturated rings. The smallest absolute Gasteiger partial charge is 0.0637 e. The molecule has 1 aromatic carbocycles. The average Bonchev–Trinajstić information content (AvgIpc) is 2.32. The van der Waals surface area contributed by atoms with Gasteiger partial charge in [-0.05, 0) is 43.4 Å². The van der Waals surface area contributed by atoms with E-state index in [1.54, 1.807) is 0 Å². The van der Waals surface area contributed by atoms with Crippen LogP contribution in [-0.4, -0.2) is 19.8 Å². The van der Waals surface area contributed by atoms with Crippen molar-refractivity contribution in [3.05, 3.63) is 28.8 Å². The molecule has 88 valence electrons. The van der Waals surface area contributed by atoms with Crippen LogP contribution in [0.2, 0.25) is 5.02 Å². The van der Waals surface area contributed by atoms with E-state index in [-0.39, 0.29) is 0 Å². The molecule has 1 unspecified atom stereocenters. The topological polar surface area (TPSA) is 21.3 Å². The van der Waals surface area contributed by atoms with E-state index in [0.717, 1.165) is 30.5 Å². The van der Waals surface area contributed by atoms with Crippen LogP contribution in [0.3, 0.4) is 0 Å². The lowest BCUT2D eigenvalue weighted by Crippen LogP contribution is -2.24. The first-order chi connectivity index (χ1) is 7.75. The predicted octanol–water partition coefficient (Wildman–Crippen LogP) is 3.49. The molecule has 1 aromatic rings. The van der Waals surface area contributed by atoms with E-state index in [0.29, 0.717) is 5.92 Å². The van der Waals surface area contributed by atoms with Crippen LogP contribution in [0.4, 0.5) is 5.69 Å². The number of hydrogen-bond donors (Lipinski definition) is 1. The van der Waals surface area contributed by atoms with E-state index in [2.05, 4.69) is 18.3 Å². The Morgan fingerprint density at radius 2 is 2.38 bits per heavy atom. The zero-order valence-corrected chi connectivity index (χ0v) is 10.4. The number of rotatable bonds is 3. The fourth-order valence-corrected chi connectivity index (χ4v) is 2.18. The first-order valence-corrected chi connectivity index (χ1v) is 6.21. The van der Waals surface area contributed by atoms with Gasteiger partial charge in [0.2, 0.25) is 0 Å². The van der Waals surface area contributed by atoms with Crippen LogP contribution >= 0.6 is 11.6 Å². The van der Waals surface area contributed by atoms with Crippen LogP contribution in [0.25, 0.3) is 0 Å². The minimum Gasteiger partial charge on any atom is -0.383 e. The molecule has 1 atom stereocenters. The van der Waals surface area contributed by atoms with Crippen LogP contribution in [0.15, 0.2) is 18.2 Å². The van der Waals surface area contributed by atoms with Gasteiger partial charge in [0.1, 0.15) is 0 Å². The highest BCUT2D eigenvalue weighted by Crippen LogP contribution is 2.23. The summed E-state index contributed by atoms with van der Waals surface area (Å²) in [4.78, 5) is 0. The van der Waals surface area contributed by atoms with Crippen molar-refractivity contribution in [3.8, 4) is 0 Å². The van der Waals surface area contributed by atoms with E-state index in [1.165, 1.54) is 18.4 Å². The Hall–Kier alpha value is -0.730. The van der Waals surface area contributed by atoms with Gasteiger partial charge in [0.15, 0.2) is 0 Å². The summed E-state index contributed by atoms with van der Waals surface area (Å²) in [6, 6.07) is 6.06. The summed E-state index contributed by atoms with van der Waals surface area (Å²) in [6.07, 6.45) is 2.42. The van der Waals surface area contributed by atoms with Crippen molar-refractivity contribution in [1.29, 1.82) is 0 Å². The molecule has 0 bridgehead atoms. The van der Waals surface area contributed by atoms with Gasteiger partial charge in [-0.2, -0.15) is 0 Å². The van der Waals surface area contributed by atoms with Crippen LogP contribution in [0.1, 0.15) is 18.4 Å². The lowest BCUT2D eigenvalue weighted by molar-refractivity contribution is 0.0595. The third-order valence-corrected chi connectivity index (χ3v) is 3.29. The van der Waals surface area contributed by atoms with Gasteiger partial charge in [0.05, 0.1) is 17.3 Å². The molecule has 1 aliphatic rings. The highest BCUT2D eigenvalue weighted by molar-refractivity contribution is 6.33. The Morgan fingerprint density at radius 1 is 1.50 bits per heavy atom. The van der Waals surface area contributed by atoms with Crippen LogP contribution in [-0.2, 0) is 4.74 Å². The quantitative estimate of drug-likeness (QED) is 0.872. The molecule has 0 aliphatic carbocycles. The van der Waals surface area contributed by atoms with E-state index in [4.69, 9.17) is 16.3 Å². The summed E-state index contributed by atoms with van der Waals surface area (Å²) in [5, 5.41) is 4.21. The van der Waals surface area contributed by atoms with E-state index in [9.17, 15) is 0 Å². The highest BCUT2D eigenvalue weighted by atomic mass is 35.5. The number of nitrogens with one attached hydrogen (secondary N) is 1. The Balaban J connectivity index is 1.90. The molecule has 0 radical (unpaired) electrons. The maximum Gasteiger partial charge on any atom is 0.0637 e. The number of halogens is 1. The third-order valence-electron chi connectivity index (χ3n) is 2.96. The van der Waals surface area contributed by atoms with Gasteiger partial charge in [-0.1, -0.05) is 17.7 Å². The van der Waals surface area contributed by atoms with Gasteiger partial charge in [-0.15, -0.1) is 0 Å². The fraction of sp³-hybridized carbons (Fsp3) is 0.538. The summed E-state index contributed by atoms with van der Waals surface area (Å²) in [7, 11) is 0. The molecule has 2 nitrogen and oxygen atoms in total. The average molecular weight is 240 g/mol. The zero-order valence-electron chi connectivity index (χ0n) is 9.63. The van der Waals surface area contributed by atoms with Crippen LogP contribution in [0, 0.1) is 12.8 Å². The molecule has 2 rings (SSSR count). The fourth-order valence-electron chi connectivity index (χ4n) is 2.00. The van der Waals surface area contributed by atoms with Crippen molar-refractivity contribution in [3.63, 3.8) is 0 Å². The van der Waals surface area contributed by atoms with Crippen molar-refractivity contribution in [1.82, 2.24) is 0 Å². The minimum atomic E-state index is 0.616. The monoisotopic (exact) mass is 239 g/mol. The van der Waals surface area contributed by atoms with E-state index in [1.807, 2.05) is 12.1 Å². The summed E-state index contributed by atoms with van der Waals surface area (Å²) in [5.41, 5.74) is 2.26. The standard InChI is InChI=1S/C13H18ClNO/c1-10-4-5-12(14)13(7-10)15-8-11-3-2-6-16-9-11/h4-5,7,11,15H,2-3,6,8-9H2,1H3. The Bertz CT molecular complexity index is 348. The molecule has 0 aromatic heterocycles. The maximum atomic E-state index is 6.12. The second kappa shape index (κ2) is 5.55. The molecule has 0 saturated carbocycles. The van der Waals surface area contributed by atoms with Crippen molar-refractivity contribution in [2.45, 2.75) is 19.8 Å². The molecule has 1 saturated heterocycles. The lowest BCUT2D eigenvalue weighted by Gasteiger charge is -2.23. The molecule has 1 N–H and O–H groups in total. The number of aryl methyl sites for hydroxylation is 1. The number of hydrogen-bond acceptors (Lipinski definition) is 2. The summed E-state index contributed by atoms with van der Waals surface area (Å²) < 4.78 is 5.45. The van der Waals surface area contributed by atoms with Crippen molar-refractivity contribution < 1.29 is 4.74 Å². The van der Waals surface area contributed by atoms with Crippen molar-refractivity contribution in [2.24, 2.45) is 5.92 Å². The Morgan fingerprint density at radius 3 is 3.12 bits per heavy atom. The first-order valence-electron chi connectivity index (χ1n) is 5.83. The maximum absolute atomic E-state index is 6.12. The predicted molar refractivity (Wildman–Crippen MR) is 68.2 cm³/mol. The lowest BCUT2D eigenvalue weighted by atomic mass is 10.0. The van der Waals surface area contributed by atoms with Crippen molar-refractivity contribution in [2.75, 3.05) is 25.1 Å². The highest BCUT2D eigenvalue weighted by Gasteiger charge is 2.13. The Labute approximate surface area is 102 Å². The van der Waals surface area contributed by atoms with Crippen molar-refractivity contribution >= 4 is 17.3 Å².